The van der Waals surface area contributed by atoms with E-state index in [1.807, 2.05) is 17.7 Å². The van der Waals surface area contributed by atoms with E-state index in [0.717, 1.165) is 29.6 Å². The summed E-state index contributed by atoms with van der Waals surface area (Å²) in [7, 11) is -0.867. The number of nitrogens with zero attached hydrogens (tertiary/aromatic N) is 3. The third-order valence-electron chi connectivity index (χ3n) is 4.19. The molecule has 1 aromatic carbocycles. The highest BCUT2D eigenvalue weighted by Crippen LogP contribution is 2.24. The second-order valence-electron chi connectivity index (χ2n) is 6.02. The van der Waals surface area contributed by atoms with Crippen LogP contribution in [0.5, 0.6) is 0 Å². The van der Waals surface area contributed by atoms with Crippen LogP contribution in [0.25, 0.3) is 0 Å². The Morgan fingerprint density at radius 2 is 2.04 bits per heavy atom. The molecular weight excluding hydrogens is 330 g/mol. The largest absolute Gasteiger partial charge is 0.309 e. The van der Waals surface area contributed by atoms with Crippen molar-refractivity contribution in [1.29, 1.82) is 0 Å². The lowest BCUT2D eigenvalue weighted by atomic mass is 10.1. The molecule has 0 N–H and O–H groups in total. The number of thioether (sulfide) groups is 1. The van der Waals surface area contributed by atoms with Crippen LogP contribution < -0.4 is 0 Å². The molecular formula is C16H21N3O2S2. The zero-order chi connectivity index (χ0) is 16.3. The lowest BCUT2D eigenvalue weighted by Crippen LogP contribution is -2.11. The number of aryl methyl sites for hydroxylation is 1. The van der Waals surface area contributed by atoms with Gasteiger partial charge in [0.15, 0.2) is 15.0 Å². The second-order valence-corrected chi connectivity index (χ2v) is 9.31. The summed E-state index contributed by atoms with van der Waals surface area (Å²) in [6, 6.07) is 10.4. The summed E-state index contributed by atoms with van der Waals surface area (Å²) >= 11 is 1.69. The molecule has 23 heavy (non-hydrogen) atoms. The molecule has 1 fully saturated rings. The third kappa shape index (κ3) is 4.35. The molecule has 0 spiro atoms. The van der Waals surface area contributed by atoms with Crippen LogP contribution >= 0.6 is 11.8 Å². The van der Waals surface area contributed by atoms with Gasteiger partial charge in [0.05, 0.1) is 11.5 Å². The van der Waals surface area contributed by atoms with E-state index in [9.17, 15) is 8.42 Å². The van der Waals surface area contributed by atoms with E-state index in [4.69, 9.17) is 0 Å². The maximum atomic E-state index is 11.6. The van der Waals surface area contributed by atoms with E-state index < -0.39 is 9.84 Å². The van der Waals surface area contributed by atoms with Crippen LogP contribution in [-0.4, -0.2) is 40.4 Å². The van der Waals surface area contributed by atoms with Crippen LogP contribution in [0.2, 0.25) is 0 Å². The molecule has 1 saturated heterocycles. The molecule has 5 nitrogen and oxygen atoms in total. The van der Waals surface area contributed by atoms with Gasteiger partial charge >= 0.3 is 0 Å². The Kier molecular flexibility index (Phi) is 5.06. The molecule has 0 saturated carbocycles. The first-order valence-electron chi connectivity index (χ1n) is 7.79. The van der Waals surface area contributed by atoms with Gasteiger partial charge in [-0.05, 0) is 24.3 Å². The van der Waals surface area contributed by atoms with Crippen molar-refractivity contribution in [2.24, 2.45) is 13.0 Å². The van der Waals surface area contributed by atoms with Crippen molar-refractivity contribution in [2.75, 3.05) is 17.3 Å². The molecule has 0 radical (unpaired) electrons. The fourth-order valence-electron chi connectivity index (χ4n) is 2.84. The summed E-state index contributed by atoms with van der Waals surface area (Å²) in [4.78, 5) is 0. The van der Waals surface area contributed by atoms with E-state index in [0.29, 0.717) is 12.2 Å². The minimum Gasteiger partial charge on any atom is -0.309 e. The van der Waals surface area contributed by atoms with Crippen molar-refractivity contribution < 1.29 is 8.42 Å². The van der Waals surface area contributed by atoms with Crippen LogP contribution in [0.1, 0.15) is 17.8 Å². The number of aromatic nitrogens is 3. The number of hydrogen-bond acceptors (Lipinski definition) is 5. The highest BCUT2D eigenvalue weighted by atomic mass is 32.2. The second kappa shape index (κ2) is 7.05. The highest BCUT2D eigenvalue weighted by molar-refractivity contribution is 7.99. The van der Waals surface area contributed by atoms with Crippen molar-refractivity contribution in [3.8, 4) is 0 Å². The Balaban J connectivity index is 1.55. The maximum absolute atomic E-state index is 11.6. The fraction of sp³-hybridized carbons (Fsp3) is 0.500. The molecule has 1 aliphatic heterocycles. The van der Waals surface area contributed by atoms with Gasteiger partial charge in [-0.25, -0.2) is 8.42 Å². The Labute approximate surface area is 141 Å². The smallest absolute Gasteiger partial charge is 0.190 e. The van der Waals surface area contributed by atoms with E-state index in [-0.39, 0.29) is 11.7 Å². The predicted molar refractivity (Wildman–Crippen MR) is 92.3 cm³/mol. The lowest BCUT2D eigenvalue weighted by Gasteiger charge is -2.07. The van der Waals surface area contributed by atoms with Crippen LogP contribution in [0.15, 0.2) is 35.5 Å². The molecule has 0 amide bonds. The average molecular weight is 351 g/mol. The molecule has 1 atom stereocenters. The van der Waals surface area contributed by atoms with E-state index >= 15 is 0 Å². The maximum Gasteiger partial charge on any atom is 0.190 e. The summed E-state index contributed by atoms with van der Waals surface area (Å²) < 4.78 is 25.1. The van der Waals surface area contributed by atoms with Crippen LogP contribution in [-0.2, 0) is 29.7 Å². The van der Waals surface area contributed by atoms with Crippen LogP contribution in [0, 0.1) is 5.92 Å². The normalized spacial score (nSPS) is 20.0. The number of rotatable bonds is 6. The van der Waals surface area contributed by atoms with Crippen molar-refractivity contribution in [3.63, 3.8) is 0 Å². The molecule has 0 aliphatic carbocycles. The fourth-order valence-corrected chi connectivity index (χ4v) is 5.62. The summed E-state index contributed by atoms with van der Waals surface area (Å²) in [6.45, 7) is 0. The summed E-state index contributed by atoms with van der Waals surface area (Å²) in [6.07, 6.45) is 2.43. The van der Waals surface area contributed by atoms with Gasteiger partial charge in [-0.1, -0.05) is 42.1 Å². The van der Waals surface area contributed by atoms with Gasteiger partial charge in [0, 0.05) is 19.2 Å². The average Bonchev–Trinajstić information content (AvgIpc) is 3.05. The molecule has 1 unspecified atom stereocenters. The van der Waals surface area contributed by atoms with E-state index in [2.05, 4.69) is 34.5 Å². The molecule has 7 heteroatoms. The molecule has 124 valence electrons. The number of hydrogen-bond donors (Lipinski definition) is 0. The molecule has 2 aromatic rings. The Hall–Kier alpha value is -1.34. The van der Waals surface area contributed by atoms with Crippen molar-refractivity contribution in [1.82, 2.24) is 14.8 Å². The molecule has 0 bridgehead atoms. The number of sulfone groups is 1. The Morgan fingerprint density at radius 3 is 2.74 bits per heavy atom. The lowest BCUT2D eigenvalue weighted by molar-refractivity contribution is 0.552. The van der Waals surface area contributed by atoms with Gasteiger partial charge < -0.3 is 4.57 Å². The predicted octanol–water partition coefficient (Wildman–Crippen LogP) is 2.13. The summed E-state index contributed by atoms with van der Waals surface area (Å²) in [5.41, 5.74) is 1.32. The van der Waals surface area contributed by atoms with E-state index in [1.54, 1.807) is 11.8 Å². The quantitative estimate of drug-likeness (QED) is 0.746. The van der Waals surface area contributed by atoms with Crippen molar-refractivity contribution in [3.05, 3.63) is 41.7 Å². The van der Waals surface area contributed by atoms with Gasteiger partial charge in [-0.2, -0.15) is 0 Å². The first-order valence-corrected chi connectivity index (χ1v) is 10.6. The van der Waals surface area contributed by atoms with Crippen LogP contribution in [0.4, 0.5) is 0 Å². The van der Waals surface area contributed by atoms with Crippen molar-refractivity contribution in [2.45, 2.75) is 24.4 Å². The zero-order valence-corrected chi connectivity index (χ0v) is 14.8. The third-order valence-corrected chi connectivity index (χ3v) is 7.05. The van der Waals surface area contributed by atoms with Crippen LogP contribution in [0.3, 0.4) is 0 Å². The van der Waals surface area contributed by atoms with Gasteiger partial charge in [0.2, 0.25) is 0 Å². The van der Waals surface area contributed by atoms with Gasteiger partial charge in [0.1, 0.15) is 5.82 Å². The minimum absolute atomic E-state index is 0.185. The molecule has 1 aliphatic rings. The van der Waals surface area contributed by atoms with Crippen molar-refractivity contribution >= 4 is 21.6 Å². The van der Waals surface area contributed by atoms with Gasteiger partial charge in [0.25, 0.3) is 0 Å². The molecule has 3 rings (SSSR count). The zero-order valence-electron chi connectivity index (χ0n) is 13.2. The molecule has 2 heterocycles. The standard InChI is InChI=1S/C16H21N3O2S2/c1-19-15(11-14-8-10-23(20,21)12-14)17-18-16(19)22-9-7-13-5-3-2-4-6-13/h2-6,14H,7-12H2,1H3. The first kappa shape index (κ1) is 16.5. The summed E-state index contributed by atoms with van der Waals surface area (Å²) in [5, 5.41) is 9.40. The van der Waals surface area contributed by atoms with Gasteiger partial charge in [-0.15, -0.1) is 10.2 Å². The number of benzene rings is 1. The summed E-state index contributed by atoms with van der Waals surface area (Å²) in [5.74, 6) is 2.62. The minimum atomic E-state index is -2.83. The Bertz CT molecular complexity index is 757. The van der Waals surface area contributed by atoms with E-state index in [1.165, 1.54) is 5.56 Å². The monoisotopic (exact) mass is 351 g/mol. The first-order chi connectivity index (χ1) is 11.0. The highest BCUT2D eigenvalue weighted by Gasteiger charge is 2.29. The molecule has 1 aromatic heterocycles. The topological polar surface area (TPSA) is 64.8 Å². The van der Waals surface area contributed by atoms with Gasteiger partial charge in [-0.3, -0.25) is 0 Å². The SMILES string of the molecule is Cn1c(CC2CCS(=O)(=O)C2)nnc1SCCc1ccccc1. The Morgan fingerprint density at radius 1 is 1.26 bits per heavy atom.